The Morgan fingerprint density at radius 1 is 0.387 bits per heavy atom. The van der Waals surface area contributed by atoms with E-state index < -0.39 is 69.5 Å². The van der Waals surface area contributed by atoms with Crippen molar-refractivity contribution in [3.05, 3.63) is 111 Å². The molecule has 0 unspecified atom stereocenters. The highest BCUT2D eigenvalue weighted by atomic mass is 79.9. The lowest BCUT2D eigenvalue weighted by Gasteiger charge is -2.17. The van der Waals surface area contributed by atoms with Crippen LogP contribution >= 0.6 is 31.9 Å². The van der Waals surface area contributed by atoms with Crippen molar-refractivity contribution in [2.75, 3.05) is 81.9 Å². The van der Waals surface area contributed by atoms with E-state index >= 15 is 0 Å². The molecule has 0 spiro atoms. The van der Waals surface area contributed by atoms with E-state index in [1.165, 1.54) is 58.8 Å². The van der Waals surface area contributed by atoms with E-state index in [2.05, 4.69) is 83.4 Å². The number of benzene rings is 6. The predicted octanol–water partition coefficient (Wildman–Crippen LogP) is 14.7. The second-order valence-corrected chi connectivity index (χ2v) is 28.1. The number of carbonyl (C=O) groups excluding carboxylic acids is 1. The SMILES string of the molecule is COc1cc(N=Nc2ccc(Br)cc2OCCCS(=O)(=O)O)c(OC)cc1N=Nc1cc(OCCCS(=O)(=O)O)c(NC(=O)Nc2cc(C)c(N=Nc3cc(OC)c(/N=N/c4ccc(Br)cc4OCCCS(=O)(=O)O)cc3OC)cc2CCCCCS(=O)(=O)O)cc1C. The maximum Gasteiger partial charge on any atom is 0.323 e. The summed E-state index contributed by atoms with van der Waals surface area (Å²) >= 11 is 6.76. The summed E-state index contributed by atoms with van der Waals surface area (Å²) in [6.45, 7) is 3.08. The molecule has 0 aliphatic rings. The maximum absolute atomic E-state index is 14.1. The summed E-state index contributed by atoms with van der Waals surface area (Å²) in [6, 6.07) is 21.5. The number of rotatable bonds is 35. The molecule has 6 aromatic rings. The number of halogens is 2. The molecule has 0 saturated carbocycles. The lowest BCUT2D eigenvalue weighted by Crippen LogP contribution is -2.21. The minimum atomic E-state index is -4.36. The second-order valence-electron chi connectivity index (χ2n) is 20.0. The van der Waals surface area contributed by atoms with Gasteiger partial charge in [0.25, 0.3) is 40.5 Å². The lowest BCUT2D eigenvalue weighted by atomic mass is 10.0. The van der Waals surface area contributed by atoms with Crippen molar-refractivity contribution < 1.29 is 89.8 Å². The van der Waals surface area contributed by atoms with Gasteiger partial charge >= 0.3 is 6.03 Å². The summed E-state index contributed by atoms with van der Waals surface area (Å²) in [5.74, 6) is -0.666. The van der Waals surface area contributed by atoms with Crippen LogP contribution in [0.1, 0.15) is 55.2 Å². The summed E-state index contributed by atoms with van der Waals surface area (Å²) in [6.07, 6.45) is 1.11. The van der Waals surface area contributed by atoms with E-state index in [1.54, 1.807) is 68.4 Å². The molecule has 502 valence electrons. The number of amides is 2. The number of nitrogens with one attached hydrogen (secondary N) is 2. The third-order valence-corrected chi connectivity index (χ3v) is 17.0. The first kappa shape index (κ1) is 74.2. The molecule has 0 atom stereocenters. The van der Waals surface area contributed by atoms with Crippen molar-refractivity contribution in [2.45, 2.75) is 58.8 Å². The number of azo groups is 4. The van der Waals surface area contributed by atoms with E-state index in [0.717, 1.165) is 0 Å². The quantitative estimate of drug-likeness (QED) is 0.0122. The fraction of sp³-hybridized carbons (Fsp3) is 0.351. The van der Waals surface area contributed by atoms with Gasteiger partial charge in [-0.15, -0.1) is 30.7 Å². The molecule has 0 aliphatic carbocycles. The van der Waals surface area contributed by atoms with Gasteiger partial charge in [0.15, 0.2) is 0 Å². The van der Waals surface area contributed by atoms with Gasteiger partial charge < -0.3 is 43.8 Å². The van der Waals surface area contributed by atoms with Crippen molar-refractivity contribution in [2.24, 2.45) is 40.9 Å². The number of urea groups is 1. The summed E-state index contributed by atoms with van der Waals surface area (Å²) in [5, 5.41) is 41.0. The van der Waals surface area contributed by atoms with Gasteiger partial charge in [-0.2, -0.15) is 43.9 Å². The normalized spacial score (nSPS) is 12.3. The highest BCUT2D eigenvalue weighted by molar-refractivity contribution is 9.10. The molecule has 0 radical (unpaired) electrons. The Morgan fingerprint density at radius 2 is 0.710 bits per heavy atom. The molecule has 0 aromatic heterocycles. The minimum absolute atomic E-state index is 0.0108. The Bertz CT molecular complexity index is 4260. The lowest BCUT2D eigenvalue weighted by molar-refractivity contribution is 0.261. The summed E-state index contributed by atoms with van der Waals surface area (Å²) in [4.78, 5) is 14.1. The van der Waals surface area contributed by atoms with Gasteiger partial charge in [0.1, 0.15) is 74.4 Å². The number of methoxy groups -OCH3 is 4. The number of nitrogens with zero attached hydrogens (tertiary/aromatic N) is 8. The van der Waals surface area contributed by atoms with Crippen molar-refractivity contribution in [1.82, 2.24) is 0 Å². The molecular weight excluding hydrogens is 1430 g/mol. The number of anilines is 2. The third kappa shape index (κ3) is 24.9. The number of unbranched alkanes of at least 4 members (excludes halogenated alkanes) is 2. The van der Waals surface area contributed by atoms with E-state index in [9.17, 15) is 47.6 Å². The smallest absolute Gasteiger partial charge is 0.323 e. The molecule has 6 rings (SSSR count). The number of aryl methyl sites for hydroxylation is 3. The highest BCUT2D eigenvalue weighted by Gasteiger charge is 2.20. The number of ether oxygens (including phenoxy) is 7. The van der Waals surface area contributed by atoms with E-state index in [0.29, 0.717) is 49.9 Å². The molecule has 2 amide bonds. The van der Waals surface area contributed by atoms with Crippen LogP contribution in [0, 0.1) is 13.8 Å². The van der Waals surface area contributed by atoms with E-state index in [4.69, 9.17) is 42.3 Å². The summed E-state index contributed by atoms with van der Waals surface area (Å²) in [5.41, 5.74) is 4.03. The zero-order chi connectivity index (χ0) is 68.1. The van der Waals surface area contributed by atoms with Crippen molar-refractivity contribution in [3.63, 3.8) is 0 Å². The molecule has 0 aliphatic heterocycles. The minimum Gasteiger partial charge on any atom is -0.494 e. The zero-order valence-electron chi connectivity index (χ0n) is 50.8. The Balaban J connectivity index is 1.27. The number of hydrogen-bond acceptors (Lipinski definition) is 24. The Kier molecular flexibility index (Phi) is 27.4. The number of hydrogen-bond donors (Lipinski definition) is 6. The third-order valence-electron chi connectivity index (χ3n) is 12.8. The molecule has 6 N–H and O–H groups in total. The van der Waals surface area contributed by atoms with Crippen LogP contribution in [-0.2, 0) is 46.9 Å². The van der Waals surface area contributed by atoms with Crippen molar-refractivity contribution in [3.8, 4) is 40.2 Å². The van der Waals surface area contributed by atoms with Gasteiger partial charge in [-0.25, -0.2) is 4.79 Å². The average Bonchev–Trinajstić information content (AvgIpc) is 0.960. The Labute approximate surface area is 553 Å². The zero-order valence-corrected chi connectivity index (χ0v) is 57.2. The molecule has 6 aromatic carbocycles. The van der Waals surface area contributed by atoms with Gasteiger partial charge in [0.05, 0.1) is 88.3 Å². The Hall–Kier alpha value is -7.81. The first-order valence-electron chi connectivity index (χ1n) is 27.8. The first-order chi connectivity index (χ1) is 43.9. The molecule has 0 saturated heterocycles. The molecule has 93 heavy (non-hydrogen) atoms. The van der Waals surface area contributed by atoms with Crippen LogP contribution in [0.5, 0.6) is 40.2 Å². The second kappa shape index (κ2) is 34.4. The van der Waals surface area contributed by atoms with Gasteiger partial charge in [-0.05, 0) is 124 Å². The van der Waals surface area contributed by atoms with Crippen molar-refractivity contribution >= 4 is 135 Å². The fourth-order valence-electron chi connectivity index (χ4n) is 8.34. The first-order valence-corrected chi connectivity index (χ1v) is 35.8. The van der Waals surface area contributed by atoms with Crippen molar-refractivity contribution in [1.29, 1.82) is 0 Å². The molecule has 0 fully saturated rings. The van der Waals surface area contributed by atoms with E-state index in [1.807, 2.05) is 0 Å². The monoisotopic (exact) mass is 1500 g/mol. The number of carbonyl (C=O) groups is 1. The predicted molar refractivity (Wildman–Crippen MR) is 353 cm³/mol. The largest absolute Gasteiger partial charge is 0.494 e. The highest BCUT2D eigenvalue weighted by Crippen LogP contribution is 2.45. The standard InChI is InChI=1S/C57H66Br2N10O20S4/c1-35-25-44(37(13-8-7-9-21-90(71,72)73)27-42(35)64-68-48-33-50(83-3)46(31-52(48)85-5)66-62-40-16-14-38(58)28-54(40)87-18-10-22-91(74,75)76)60-57(70)61-45-26-36(2)43(30-56(45)89-20-12-24-93(80,81)82)65-69-49-34-51(84-4)47(32-53(49)86-6)67-63-41-17-15-39(59)29-55(41)88-19-11-23-92(77,78)79/h14-17,25-34H,7-13,18-24H2,1-6H3,(H2,60,61,70)(H,71,72,73)(H,74,75,76)(H,77,78,79)(H,80,81,82)/b66-62+,67-63?,68-64?,69-65?. The fourth-order valence-corrected chi connectivity index (χ4v) is 11.0. The van der Waals surface area contributed by atoms with Crippen LogP contribution in [-0.4, -0.2) is 129 Å². The van der Waals surface area contributed by atoms with Crippen LogP contribution in [0.15, 0.2) is 135 Å². The van der Waals surface area contributed by atoms with Crippen LogP contribution in [0.25, 0.3) is 0 Å². The van der Waals surface area contributed by atoms with E-state index in [-0.39, 0.29) is 138 Å². The molecule has 36 heteroatoms. The molecule has 0 heterocycles. The topological polar surface area (TPSA) is 422 Å². The van der Waals surface area contributed by atoms with Gasteiger partial charge in [0.2, 0.25) is 0 Å². The van der Waals surface area contributed by atoms with Crippen LogP contribution < -0.4 is 43.8 Å². The van der Waals surface area contributed by atoms with Gasteiger partial charge in [-0.3, -0.25) is 18.2 Å². The van der Waals surface area contributed by atoms with Crippen LogP contribution in [0.2, 0.25) is 0 Å². The maximum atomic E-state index is 14.1. The van der Waals surface area contributed by atoms with Gasteiger partial charge in [0, 0.05) is 45.0 Å². The molecule has 30 nitrogen and oxygen atoms in total. The van der Waals surface area contributed by atoms with Crippen LogP contribution in [0.3, 0.4) is 0 Å². The van der Waals surface area contributed by atoms with Gasteiger partial charge in [-0.1, -0.05) is 38.3 Å². The average molecular weight is 1500 g/mol. The Morgan fingerprint density at radius 3 is 1.10 bits per heavy atom. The summed E-state index contributed by atoms with van der Waals surface area (Å²) in [7, 11) is -11.3. The van der Waals surface area contributed by atoms with Crippen LogP contribution in [0.4, 0.5) is 61.7 Å². The summed E-state index contributed by atoms with van der Waals surface area (Å²) < 4.78 is 169. The molecular formula is C57H66Br2N10O20S4. The molecule has 0 bridgehead atoms.